The van der Waals surface area contributed by atoms with Crippen molar-refractivity contribution < 1.29 is 4.42 Å². The number of anilines is 2. The predicted octanol–water partition coefficient (Wildman–Crippen LogP) is 21.0. The Morgan fingerprint density at radius 3 is 1.80 bits per heavy atom. The molecule has 0 unspecified atom stereocenters. The fourth-order valence-corrected chi connectivity index (χ4v) is 17.8. The number of hydrogen-bond acceptors (Lipinski definition) is 4. The molecule has 11 aromatic carbocycles. The Bertz CT molecular complexity index is 6080. The van der Waals surface area contributed by atoms with Crippen LogP contribution in [0.3, 0.4) is 0 Å². The van der Waals surface area contributed by atoms with Crippen LogP contribution in [0.1, 0.15) is 103 Å². The summed E-state index contributed by atoms with van der Waals surface area (Å²) in [6.07, 6.45) is 2.25. The molecule has 0 fully saturated rings. The zero-order valence-corrected chi connectivity index (χ0v) is 55.0. The first-order chi connectivity index (χ1) is 46.0. The molecule has 95 heavy (non-hydrogen) atoms. The molecule has 2 aliphatic carbocycles. The van der Waals surface area contributed by atoms with Gasteiger partial charge in [0.25, 0.3) is 0 Å². The molecule has 7 heterocycles. The minimum atomic E-state index is -0.375. The first kappa shape index (κ1) is 54.8. The van der Waals surface area contributed by atoms with Crippen LogP contribution in [0.15, 0.2) is 240 Å². The maximum Gasteiger partial charge on any atom is 0.248 e. The Balaban J connectivity index is 0.946. The molecule has 16 aromatic rings. The van der Waals surface area contributed by atoms with Crippen LogP contribution in [0.25, 0.3) is 133 Å². The molecular weight excluding hydrogens is 1160 g/mol. The molecule has 0 atom stereocenters. The van der Waals surface area contributed by atoms with Gasteiger partial charge in [-0.1, -0.05) is 201 Å². The van der Waals surface area contributed by atoms with Crippen LogP contribution in [-0.4, -0.2) is 30.4 Å². The van der Waals surface area contributed by atoms with Gasteiger partial charge in [-0.05, 0) is 153 Å². The fourth-order valence-electron chi connectivity index (χ4n) is 17.8. The molecule has 456 valence electrons. The van der Waals surface area contributed by atoms with Gasteiger partial charge in [0.15, 0.2) is 5.82 Å². The van der Waals surface area contributed by atoms with Crippen LogP contribution in [0.5, 0.6) is 0 Å². The molecule has 0 spiro atoms. The Kier molecular flexibility index (Phi) is 10.8. The molecule has 5 aromatic heterocycles. The van der Waals surface area contributed by atoms with E-state index in [4.69, 9.17) is 14.4 Å². The van der Waals surface area contributed by atoms with Gasteiger partial charge in [0.05, 0.1) is 33.3 Å². The molecule has 0 radical (unpaired) electrons. The summed E-state index contributed by atoms with van der Waals surface area (Å²) >= 11 is 0. The number of aromatic nitrogens is 5. The van der Waals surface area contributed by atoms with E-state index in [1.54, 1.807) is 0 Å². The van der Waals surface area contributed by atoms with Crippen molar-refractivity contribution in [3.63, 3.8) is 0 Å². The minimum Gasteiger partial charge on any atom is -0.456 e. The third-order valence-electron chi connectivity index (χ3n) is 22.6. The van der Waals surface area contributed by atoms with Crippen molar-refractivity contribution in [2.45, 2.75) is 96.8 Å². The van der Waals surface area contributed by atoms with Crippen molar-refractivity contribution in [1.82, 2.24) is 23.7 Å². The quantitative estimate of drug-likeness (QED) is 0.161. The van der Waals surface area contributed by atoms with Crippen LogP contribution in [0.4, 0.5) is 11.4 Å². The summed E-state index contributed by atoms with van der Waals surface area (Å²) in [5, 5.41) is 9.45. The van der Waals surface area contributed by atoms with Crippen LogP contribution in [-0.2, 0) is 21.7 Å². The van der Waals surface area contributed by atoms with Crippen molar-refractivity contribution in [1.29, 1.82) is 0 Å². The third kappa shape index (κ3) is 7.48. The fraction of sp³-hybridized carbons (Fsp3) is 0.172. The first-order valence-electron chi connectivity index (χ1n) is 33.9. The average molecular weight is 1230 g/mol. The summed E-state index contributed by atoms with van der Waals surface area (Å²) in [4.78, 5) is 14.5. The maximum atomic E-state index is 6.67. The van der Waals surface area contributed by atoms with Gasteiger partial charge < -0.3 is 18.5 Å². The van der Waals surface area contributed by atoms with Gasteiger partial charge >= 0.3 is 0 Å². The molecule has 0 saturated carbocycles. The lowest BCUT2D eigenvalue weighted by Crippen LogP contribution is -2.56. The SMILES string of the molecule is CC(C)(C)c1ccc2c(c1)C1=C(B3c4c(cc(-c5nc(-c6ccc7c(c6)oc6ccccc67)cc(-n6c7ccccc7c7ccccc76)n5)cc4-n4c5cc6c(cc5c5cccc3c54)c3ccccc3n6-c3ccccc3)N1c1ccc3c(c1)C(C)(C)CCC3(C)C)C2(C)C. The highest BCUT2D eigenvalue weighted by Gasteiger charge is 2.53. The van der Waals surface area contributed by atoms with Gasteiger partial charge in [-0.3, -0.25) is 4.57 Å². The highest BCUT2D eigenvalue weighted by Crippen LogP contribution is 2.58. The highest BCUT2D eigenvalue weighted by atomic mass is 16.3. The van der Waals surface area contributed by atoms with E-state index in [1.807, 2.05) is 6.07 Å². The van der Waals surface area contributed by atoms with Gasteiger partial charge in [0.1, 0.15) is 17.0 Å². The van der Waals surface area contributed by atoms with E-state index in [-0.39, 0.29) is 28.4 Å². The van der Waals surface area contributed by atoms with Gasteiger partial charge in [-0.25, -0.2) is 9.97 Å². The smallest absolute Gasteiger partial charge is 0.248 e. The number of rotatable bonds is 5. The number of furan rings is 1. The first-order valence-corrected chi connectivity index (χ1v) is 33.9. The number of para-hydroxylation sites is 6. The number of benzene rings is 11. The van der Waals surface area contributed by atoms with E-state index in [0.29, 0.717) is 5.82 Å². The molecule has 2 aliphatic heterocycles. The zero-order chi connectivity index (χ0) is 63.9. The normalized spacial score (nSPS) is 15.9. The van der Waals surface area contributed by atoms with Crippen LogP contribution in [0, 0.1) is 0 Å². The molecule has 7 nitrogen and oxygen atoms in total. The number of allylic oxidation sites excluding steroid dienone is 1. The van der Waals surface area contributed by atoms with Crippen LogP contribution < -0.4 is 15.8 Å². The second kappa shape index (κ2) is 18.8. The molecular formula is C87H69BN6O. The summed E-state index contributed by atoms with van der Waals surface area (Å²) in [6, 6.07) is 86.5. The van der Waals surface area contributed by atoms with Gasteiger partial charge in [-0.15, -0.1) is 0 Å². The van der Waals surface area contributed by atoms with Crippen molar-refractivity contribution in [2.24, 2.45) is 0 Å². The van der Waals surface area contributed by atoms with E-state index in [2.05, 4.69) is 305 Å². The van der Waals surface area contributed by atoms with Gasteiger partial charge in [0, 0.05) is 105 Å². The Morgan fingerprint density at radius 2 is 1.05 bits per heavy atom. The van der Waals surface area contributed by atoms with E-state index in [0.717, 1.165) is 91.0 Å². The number of fused-ring (bicyclic) bond motifs is 18. The molecule has 20 rings (SSSR count). The lowest BCUT2D eigenvalue weighted by Gasteiger charge is -2.45. The summed E-state index contributed by atoms with van der Waals surface area (Å²) in [5.74, 6) is 1.42. The summed E-state index contributed by atoms with van der Waals surface area (Å²) in [5.41, 5.74) is 27.5. The van der Waals surface area contributed by atoms with Gasteiger partial charge in [0.2, 0.25) is 6.71 Å². The lowest BCUT2D eigenvalue weighted by atomic mass is 9.30. The van der Waals surface area contributed by atoms with E-state index in [9.17, 15) is 0 Å². The van der Waals surface area contributed by atoms with Crippen LogP contribution in [0.2, 0.25) is 0 Å². The van der Waals surface area contributed by atoms with Crippen LogP contribution >= 0.6 is 0 Å². The van der Waals surface area contributed by atoms with E-state index < -0.39 is 0 Å². The Labute approximate surface area is 552 Å². The Morgan fingerprint density at radius 1 is 0.432 bits per heavy atom. The molecule has 0 bridgehead atoms. The number of hydrogen-bond donors (Lipinski definition) is 0. The summed E-state index contributed by atoms with van der Waals surface area (Å²) in [6.45, 7) is 21.8. The second-order valence-electron chi connectivity index (χ2n) is 30.4. The molecule has 4 aliphatic rings. The minimum absolute atomic E-state index is 0.0248. The third-order valence-corrected chi connectivity index (χ3v) is 22.6. The largest absolute Gasteiger partial charge is 0.456 e. The maximum absolute atomic E-state index is 6.67. The molecule has 0 amide bonds. The topological polar surface area (TPSA) is 57.0 Å². The molecule has 0 N–H and O–H groups in total. The molecule has 8 heteroatoms. The summed E-state index contributed by atoms with van der Waals surface area (Å²) < 4.78 is 14.1. The monoisotopic (exact) mass is 1220 g/mol. The average Bonchev–Trinajstić information content (AvgIpc) is 1.54. The Hall–Kier alpha value is -10.7. The number of nitrogens with zero attached hydrogens (tertiary/aromatic N) is 6. The van der Waals surface area contributed by atoms with Crippen molar-refractivity contribution >= 4 is 122 Å². The van der Waals surface area contributed by atoms with E-state index >= 15 is 0 Å². The highest BCUT2D eigenvalue weighted by molar-refractivity contribution is 6.96. The second-order valence-corrected chi connectivity index (χ2v) is 30.4. The zero-order valence-electron chi connectivity index (χ0n) is 55.0. The lowest BCUT2D eigenvalue weighted by molar-refractivity contribution is 0.332. The predicted molar refractivity (Wildman–Crippen MR) is 397 cm³/mol. The summed E-state index contributed by atoms with van der Waals surface area (Å²) in [7, 11) is 0. The molecule has 0 saturated heterocycles. The van der Waals surface area contributed by atoms with Crippen molar-refractivity contribution in [3.05, 3.63) is 264 Å². The standard InChI is InChI=1S/C87H69BN6O/c1-84(2,3)52-35-38-64-63(45-52)81-82(87(64,8)9)88-67-29-21-28-60-62-47-61-57-26-15-17-30-69(57)91(53-22-11-10-12-23-53)72(61)49-73(62)94(80(60)67)75-43-51(42-74(79(75)88)92(81)54-36-39-65-66(46-54)86(6,7)41-40-85(65,4)5)83-89-68(50-34-37-59-58-27-16-20-33-76(58)95-77(59)44-50)48-78(90-83)93-70-31-18-13-24-55(70)56-25-14-19-32-71(56)93/h10-39,42-49H,40-41H2,1-9H3. The van der Waals surface area contributed by atoms with E-state index in [1.165, 1.54) is 104 Å². The van der Waals surface area contributed by atoms with Crippen molar-refractivity contribution in [3.8, 4) is 39.8 Å². The van der Waals surface area contributed by atoms with Gasteiger partial charge in [-0.2, -0.15) is 0 Å². The van der Waals surface area contributed by atoms with Crippen molar-refractivity contribution in [2.75, 3.05) is 4.90 Å².